The summed E-state index contributed by atoms with van der Waals surface area (Å²) in [5.74, 6) is 0.637. The smallest absolute Gasteiger partial charge is 0.197 e. The van der Waals surface area contributed by atoms with Crippen molar-refractivity contribution in [1.29, 1.82) is 0 Å². The first-order valence-electron chi connectivity index (χ1n) is 5.73. The molecule has 0 aliphatic carbocycles. The van der Waals surface area contributed by atoms with Crippen LogP contribution in [0.4, 0.5) is 5.82 Å². The van der Waals surface area contributed by atoms with Crippen molar-refractivity contribution in [2.24, 2.45) is 7.05 Å². The van der Waals surface area contributed by atoms with E-state index in [1.165, 1.54) is 11.8 Å². The molecule has 1 N–H and O–H groups in total. The predicted octanol–water partition coefficient (Wildman–Crippen LogP) is 3.49. The van der Waals surface area contributed by atoms with E-state index < -0.39 is 0 Å². The number of halogens is 2. The van der Waals surface area contributed by atoms with Gasteiger partial charge in [0.05, 0.1) is 10.0 Å². The van der Waals surface area contributed by atoms with Crippen LogP contribution in [-0.4, -0.2) is 26.3 Å². The van der Waals surface area contributed by atoms with E-state index >= 15 is 0 Å². The van der Waals surface area contributed by atoms with Crippen LogP contribution < -0.4 is 5.32 Å². The monoisotopic (exact) mass is 317 g/mol. The van der Waals surface area contributed by atoms with Crippen molar-refractivity contribution < 1.29 is 0 Å². The van der Waals surface area contributed by atoms with E-state index in [9.17, 15) is 0 Å². The Bertz CT molecular complexity index is 572. The van der Waals surface area contributed by atoms with Gasteiger partial charge in [-0.15, -0.1) is 10.2 Å². The number of nitrogens with zero attached hydrogens (tertiary/aromatic N) is 4. The second-order valence-electron chi connectivity index (χ2n) is 3.86. The molecule has 0 bridgehead atoms. The van der Waals surface area contributed by atoms with Gasteiger partial charge in [-0.05, 0) is 24.2 Å². The van der Waals surface area contributed by atoms with Crippen LogP contribution in [0.5, 0.6) is 0 Å². The number of hydrogen-bond donors (Lipinski definition) is 1. The standard InChI is InChI=1S/C11H13Cl2N5S/c1-3-4-14-9-7(12)5-8(13)10(16-9)19-11-17-15-6-18(11)2/h5-6H,3-4H2,1-2H3,(H,14,16). The fraction of sp³-hybridized carbons (Fsp3) is 0.364. The lowest BCUT2D eigenvalue weighted by Crippen LogP contribution is -2.03. The minimum Gasteiger partial charge on any atom is -0.369 e. The van der Waals surface area contributed by atoms with Crippen LogP contribution in [0.1, 0.15) is 13.3 Å². The van der Waals surface area contributed by atoms with E-state index in [2.05, 4.69) is 27.4 Å². The lowest BCUT2D eigenvalue weighted by Gasteiger charge is -2.09. The van der Waals surface area contributed by atoms with Crippen LogP contribution >= 0.6 is 35.0 Å². The fourth-order valence-electron chi connectivity index (χ4n) is 1.34. The summed E-state index contributed by atoms with van der Waals surface area (Å²) in [5.41, 5.74) is 0. The van der Waals surface area contributed by atoms with Crippen molar-refractivity contribution in [3.05, 3.63) is 22.4 Å². The summed E-state index contributed by atoms with van der Waals surface area (Å²) >= 11 is 13.6. The average molecular weight is 318 g/mol. The molecule has 0 amide bonds. The molecule has 0 saturated carbocycles. The number of aromatic nitrogens is 4. The third-order valence-electron chi connectivity index (χ3n) is 2.30. The van der Waals surface area contributed by atoms with Crippen molar-refractivity contribution in [2.75, 3.05) is 11.9 Å². The zero-order valence-electron chi connectivity index (χ0n) is 10.5. The lowest BCUT2D eigenvalue weighted by atomic mass is 10.4. The van der Waals surface area contributed by atoms with Gasteiger partial charge < -0.3 is 9.88 Å². The highest BCUT2D eigenvalue weighted by Crippen LogP contribution is 2.34. The van der Waals surface area contributed by atoms with Gasteiger partial charge in [-0.25, -0.2) is 4.98 Å². The van der Waals surface area contributed by atoms with E-state index in [-0.39, 0.29) is 0 Å². The van der Waals surface area contributed by atoms with Gasteiger partial charge >= 0.3 is 0 Å². The van der Waals surface area contributed by atoms with E-state index in [4.69, 9.17) is 23.2 Å². The predicted molar refractivity (Wildman–Crippen MR) is 78.2 cm³/mol. The summed E-state index contributed by atoms with van der Waals surface area (Å²) in [5, 5.41) is 13.4. The molecule has 5 nitrogen and oxygen atoms in total. The molecule has 8 heteroatoms. The van der Waals surface area contributed by atoms with Crippen LogP contribution in [0, 0.1) is 0 Å². The molecule has 0 radical (unpaired) electrons. The summed E-state index contributed by atoms with van der Waals surface area (Å²) in [6.45, 7) is 2.88. The van der Waals surface area contributed by atoms with Gasteiger partial charge in [0, 0.05) is 13.6 Å². The van der Waals surface area contributed by atoms with Crippen molar-refractivity contribution in [1.82, 2.24) is 19.7 Å². The molecule has 0 atom stereocenters. The lowest BCUT2D eigenvalue weighted by molar-refractivity contribution is 0.787. The molecule has 2 heterocycles. The van der Waals surface area contributed by atoms with E-state index in [0.29, 0.717) is 20.9 Å². The number of nitrogens with one attached hydrogen (secondary N) is 1. The van der Waals surface area contributed by atoms with Crippen LogP contribution in [0.3, 0.4) is 0 Å². The number of anilines is 1. The Morgan fingerprint density at radius 3 is 2.79 bits per heavy atom. The first kappa shape index (κ1) is 14.4. The first-order chi connectivity index (χ1) is 9.11. The van der Waals surface area contributed by atoms with Crippen LogP contribution in [0.25, 0.3) is 0 Å². The summed E-state index contributed by atoms with van der Waals surface area (Å²) < 4.78 is 1.80. The third-order valence-corrected chi connectivity index (χ3v) is 4.04. The summed E-state index contributed by atoms with van der Waals surface area (Å²) in [4.78, 5) is 4.43. The SMILES string of the molecule is CCCNc1nc(Sc2nncn2C)c(Cl)cc1Cl. The van der Waals surface area contributed by atoms with E-state index in [1.807, 2.05) is 7.05 Å². The largest absolute Gasteiger partial charge is 0.369 e. The van der Waals surface area contributed by atoms with Gasteiger partial charge in [-0.1, -0.05) is 30.1 Å². The van der Waals surface area contributed by atoms with Crippen LogP contribution in [0.2, 0.25) is 10.0 Å². The molecule has 2 aromatic rings. The molecule has 0 aliphatic heterocycles. The zero-order valence-corrected chi connectivity index (χ0v) is 12.9. The molecule has 0 spiro atoms. The maximum atomic E-state index is 6.15. The second kappa shape index (κ2) is 6.45. The van der Waals surface area contributed by atoms with Gasteiger partial charge in [0.2, 0.25) is 0 Å². The maximum Gasteiger partial charge on any atom is 0.197 e. The number of hydrogen-bond acceptors (Lipinski definition) is 5. The molecule has 2 aromatic heterocycles. The normalized spacial score (nSPS) is 10.7. The third kappa shape index (κ3) is 3.52. The molecular formula is C11H13Cl2N5S. The molecule has 102 valence electrons. The highest BCUT2D eigenvalue weighted by Gasteiger charge is 2.13. The Kier molecular flexibility index (Phi) is 4.90. The minimum absolute atomic E-state index is 0.500. The van der Waals surface area contributed by atoms with Crippen molar-refractivity contribution >= 4 is 40.8 Å². The zero-order chi connectivity index (χ0) is 13.8. The molecule has 0 saturated heterocycles. The molecule has 19 heavy (non-hydrogen) atoms. The molecule has 0 aliphatic rings. The van der Waals surface area contributed by atoms with Crippen LogP contribution in [-0.2, 0) is 7.05 Å². The maximum absolute atomic E-state index is 6.15. The van der Waals surface area contributed by atoms with Gasteiger partial charge in [0.15, 0.2) is 5.16 Å². The Morgan fingerprint density at radius 1 is 1.37 bits per heavy atom. The quantitative estimate of drug-likeness (QED) is 0.914. The topological polar surface area (TPSA) is 55.6 Å². The molecular weight excluding hydrogens is 305 g/mol. The fourth-order valence-corrected chi connectivity index (χ4v) is 2.63. The summed E-state index contributed by atoms with van der Waals surface area (Å²) in [7, 11) is 1.86. The second-order valence-corrected chi connectivity index (χ2v) is 5.63. The average Bonchev–Trinajstić information content (AvgIpc) is 2.77. The molecule has 0 unspecified atom stereocenters. The minimum atomic E-state index is 0.500. The molecule has 0 fully saturated rings. The Labute approximate surface area is 125 Å². The Hall–Kier alpha value is -0.980. The highest BCUT2D eigenvalue weighted by atomic mass is 35.5. The van der Waals surface area contributed by atoms with E-state index in [0.717, 1.165) is 18.1 Å². The van der Waals surface area contributed by atoms with Gasteiger partial charge in [-0.2, -0.15) is 0 Å². The van der Waals surface area contributed by atoms with Crippen molar-refractivity contribution in [3.8, 4) is 0 Å². The number of pyridine rings is 1. The first-order valence-corrected chi connectivity index (χ1v) is 7.30. The summed E-state index contributed by atoms with van der Waals surface area (Å²) in [6, 6.07) is 1.69. The molecule has 2 rings (SSSR count). The van der Waals surface area contributed by atoms with Gasteiger partial charge in [0.25, 0.3) is 0 Å². The number of aryl methyl sites for hydroxylation is 1. The van der Waals surface area contributed by atoms with Crippen LogP contribution in [0.15, 0.2) is 22.6 Å². The Balaban J connectivity index is 2.27. The molecule has 0 aromatic carbocycles. The van der Waals surface area contributed by atoms with Gasteiger partial charge in [-0.3, -0.25) is 0 Å². The van der Waals surface area contributed by atoms with E-state index in [1.54, 1.807) is 17.0 Å². The van der Waals surface area contributed by atoms with Crippen molar-refractivity contribution in [2.45, 2.75) is 23.5 Å². The summed E-state index contributed by atoms with van der Waals surface area (Å²) in [6.07, 6.45) is 2.62. The highest BCUT2D eigenvalue weighted by molar-refractivity contribution is 7.99. The Morgan fingerprint density at radius 2 is 2.16 bits per heavy atom. The number of rotatable bonds is 5. The van der Waals surface area contributed by atoms with Crippen molar-refractivity contribution in [3.63, 3.8) is 0 Å². The van der Waals surface area contributed by atoms with Gasteiger partial charge in [0.1, 0.15) is 17.2 Å².